The van der Waals surface area contributed by atoms with Crippen molar-refractivity contribution in [3.05, 3.63) is 64.7 Å². The zero-order chi connectivity index (χ0) is 20.7. The van der Waals surface area contributed by atoms with Crippen LogP contribution in [-0.4, -0.2) is 43.5 Å². The fraction of sp³-hybridized carbons (Fsp3) is 0.250. The van der Waals surface area contributed by atoms with Crippen molar-refractivity contribution in [3.63, 3.8) is 0 Å². The number of amides is 3. The quantitative estimate of drug-likeness (QED) is 0.723. The van der Waals surface area contributed by atoms with E-state index in [-0.39, 0.29) is 18.6 Å². The van der Waals surface area contributed by atoms with Gasteiger partial charge in [0.2, 0.25) is 0 Å². The van der Waals surface area contributed by atoms with Crippen LogP contribution in [0, 0.1) is 0 Å². The molecule has 0 aromatic heterocycles. The maximum Gasteiger partial charge on any atom is 0.325 e. The summed E-state index contributed by atoms with van der Waals surface area (Å²) in [5.41, 5.74) is 1.87. The first-order valence-electron chi connectivity index (χ1n) is 8.56. The lowest BCUT2D eigenvalue weighted by molar-refractivity contribution is -0.139. The first-order chi connectivity index (χ1) is 13.3. The second-order valence-corrected chi connectivity index (χ2v) is 6.54. The highest BCUT2D eigenvalue weighted by atomic mass is 35.5. The van der Waals surface area contributed by atoms with Gasteiger partial charge >= 0.3 is 12.0 Å². The molecule has 0 saturated heterocycles. The van der Waals surface area contributed by atoms with Gasteiger partial charge in [-0.25, -0.2) is 4.79 Å². The fourth-order valence-electron chi connectivity index (χ4n) is 2.38. The highest BCUT2D eigenvalue weighted by Crippen LogP contribution is 2.21. The second-order valence-electron chi connectivity index (χ2n) is 6.10. The summed E-state index contributed by atoms with van der Waals surface area (Å²) in [6.45, 7) is 1.71. The third-order valence-corrected chi connectivity index (χ3v) is 4.52. The molecular formula is C20H22ClN3O4. The van der Waals surface area contributed by atoms with Gasteiger partial charge in [-0.1, -0.05) is 23.7 Å². The number of hydrogen-bond donors (Lipinski definition) is 2. The van der Waals surface area contributed by atoms with Crippen molar-refractivity contribution < 1.29 is 19.1 Å². The summed E-state index contributed by atoms with van der Waals surface area (Å²) in [4.78, 5) is 37.1. The molecule has 0 aliphatic rings. The molecule has 7 nitrogen and oxygen atoms in total. The number of nitrogens with one attached hydrogen (secondary N) is 2. The van der Waals surface area contributed by atoms with Gasteiger partial charge in [0, 0.05) is 23.3 Å². The predicted molar refractivity (Wildman–Crippen MR) is 107 cm³/mol. The minimum Gasteiger partial charge on any atom is -0.468 e. The zero-order valence-electron chi connectivity index (χ0n) is 15.9. The Labute approximate surface area is 168 Å². The second kappa shape index (κ2) is 9.75. The summed E-state index contributed by atoms with van der Waals surface area (Å²) in [6, 6.07) is 13.2. The summed E-state index contributed by atoms with van der Waals surface area (Å²) in [5, 5.41) is 5.87. The molecular weight excluding hydrogens is 382 g/mol. The molecule has 0 heterocycles. The third kappa shape index (κ3) is 5.72. The molecule has 0 unspecified atom stereocenters. The number of benzene rings is 2. The Morgan fingerprint density at radius 2 is 1.68 bits per heavy atom. The highest BCUT2D eigenvalue weighted by molar-refractivity contribution is 6.30. The molecule has 1 atom stereocenters. The van der Waals surface area contributed by atoms with E-state index in [0.717, 1.165) is 5.56 Å². The van der Waals surface area contributed by atoms with Crippen molar-refractivity contribution in [3.8, 4) is 0 Å². The van der Waals surface area contributed by atoms with Crippen LogP contribution in [-0.2, 0) is 9.53 Å². The minimum atomic E-state index is -0.532. The molecule has 0 radical (unpaired) electrons. The molecule has 0 aliphatic heterocycles. The van der Waals surface area contributed by atoms with Crippen LogP contribution in [0.5, 0.6) is 0 Å². The topological polar surface area (TPSA) is 87.7 Å². The summed E-state index contributed by atoms with van der Waals surface area (Å²) < 4.78 is 4.47. The Bertz CT molecular complexity index is 838. The van der Waals surface area contributed by atoms with Crippen molar-refractivity contribution in [2.45, 2.75) is 13.0 Å². The van der Waals surface area contributed by atoms with Crippen molar-refractivity contribution in [1.29, 1.82) is 0 Å². The number of methoxy groups -OCH3 is 1. The Morgan fingerprint density at radius 1 is 1.07 bits per heavy atom. The van der Waals surface area contributed by atoms with Crippen LogP contribution in [0.2, 0.25) is 5.02 Å². The van der Waals surface area contributed by atoms with E-state index < -0.39 is 11.9 Å². The summed E-state index contributed by atoms with van der Waals surface area (Å²) in [5.74, 6) is -0.938. The van der Waals surface area contributed by atoms with Gasteiger partial charge in [-0.2, -0.15) is 0 Å². The summed E-state index contributed by atoms with van der Waals surface area (Å²) in [6.07, 6.45) is 0. The number of hydrogen-bond acceptors (Lipinski definition) is 4. The molecule has 2 rings (SSSR count). The van der Waals surface area contributed by atoms with E-state index in [2.05, 4.69) is 15.4 Å². The van der Waals surface area contributed by atoms with Gasteiger partial charge in [-0.05, 0) is 48.9 Å². The van der Waals surface area contributed by atoms with Crippen LogP contribution < -0.4 is 10.6 Å². The molecule has 0 saturated carbocycles. The van der Waals surface area contributed by atoms with Crippen LogP contribution in [0.1, 0.15) is 28.9 Å². The molecule has 28 heavy (non-hydrogen) atoms. The monoisotopic (exact) mass is 403 g/mol. The average molecular weight is 404 g/mol. The van der Waals surface area contributed by atoms with Crippen LogP contribution >= 0.6 is 11.6 Å². The molecule has 3 amide bonds. The van der Waals surface area contributed by atoms with E-state index in [0.29, 0.717) is 16.3 Å². The third-order valence-electron chi connectivity index (χ3n) is 4.27. The molecule has 2 aromatic rings. The van der Waals surface area contributed by atoms with Crippen LogP contribution in [0.15, 0.2) is 48.5 Å². The van der Waals surface area contributed by atoms with Crippen molar-refractivity contribution in [1.82, 2.24) is 10.2 Å². The maximum atomic E-state index is 12.5. The number of anilines is 1. The number of nitrogens with zero attached hydrogens (tertiary/aromatic N) is 1. The number of rotatable bonds is 6. The highest BCUT2D eigenvalue weighted by Gasteiger charge is 2.17. The Morgan fingerprint density at radius 3 is 2.25 bits per heavy atom. The Hall–Kier alpha value is -3.06. The standard InChI is InChI=1S/C20H22ClN3O4/c1-13(14-4-8-16(21)9-5-14)24(2)20(27)23-17-10-6-15(7-11-17)19(26)22-12-18(25)28-3/h4-11,13H,12H2,1-3H3,(H,22,26)(H,23,27)/t13-/m1/s1. The van der Waals surface area contributed by atoms with Gasteiger partial charge in [-0.3, -0.25) is 9.59 Å². The average Bonchev–Trinajstić information content (AvgIpc) is 2.71. The van der Waals surface area contributed by atoms with E-state index in [4.69, 9.17) is 11.6 Å². The normalized spacial score (nSPS) is 11.3. The van der Waals surface area contributed by atoms with E-state index >= 15 is 0 Å². The molecule has 148 valence electrons. The van der Waals surface area contributed by atoms with Gasteiger partial charge in [0.05, 0.1) is 13.2 Å². The van der Waals surface area contributed by atoms with Gasteiger partial charge in [0.1, 0.15) is 6.54 Å². The summed E-state index contributed by atoms with van der Waals surface area (Å²) >= 11 is 5.90. The van der Waals surface area contributed by atoms with Gasteiger partial charge in [0.25, 0.3) is 5.91 Å². The predicted octanol–water partition coefficient (Wildman–Crippen LogP) is 3.47. The lowest BCUT2D eigenvalue weighted by Gasteiger charge is -2.25. The molecule has 0 aliphatic carbocycles. The lowest BCUT2D eigenvalue weighted by atomic mass is 10.1. The number of carbonyl (C=O) groups excluding carboxylic acids is 3. The number of ether oxygens (including phenoxy) is 1. The summed E-state index contributed by atoms with van der Waals surface area (Å²) in [7, 11) is 2.94. The smallest absolute Gasteiger partial charge is 0.325 e. The maximum absolute atomic E-state index is 12.5. The van der Waals surface area contributed by atoms with Crippen molar-refractivity contribution in [2.75, 3.05) is 26.0 Å². The van der Waals surface area contributed by atoms with Gasteiger partial charge < -0.3 is 20.3 Å². The van der Waals surface area contributed by atoms with Crippen LogP contribution in [0.4, 0.5) is 10.5 Å². The Balaban J connectivity index is 1.95. The van der Waals surface area contributed by atoms with E-state index in [1.165, 1.54) is 7.11 Å². The number of urea groups is 1. The van der Waals surface area contributed by atoms with Gasteiger partial charge in [-0.15, -0.1) is 0 Å². The van der Waals surface area contributed by atoms with E-state index in [9.17, 15) is 14.4 Å². The first-order valence-corrected chi connectivity index (χ1v) is 8.94. The Kier molecular flexibility index (Phi) is 7.40. The molecule has 2 N–H and O–H groups in total. The molecule has 2 aromatic carbocycles. The molecule has 8 heteroatoms. The number of esters is 1. The van der Waals surface area contributed by atoms with Gasteiger partial charge in [0.15, 0.2) is 0 Å². The minimum absolute atomic E-state index is 0.152. The van der Waals surface area contributed by atoms with Crippen LogP contribution in [0.3, 0.4) is 0 Å². The number of carbonyl (C=O) groups is 3. The lowest BCUT2D eigenvalue weighted by Crippen LogP contribution is -2.33. The van der Waals surface area contributed by atoms with E-state index in [1.54, 1.807) is 48.3 Å². The zero-order valence-corrected chi connectivity index (χ0v) is 16.6. The fourth-order valence-corrected chi connectivity index (χ4v) is 2.51. The molecule has 0 fully saturated rings. The van der Waals surface area contributed by atoms with Crippen molar-refractivity contribution in [2.24, 2.45) is 0 Å². The molecule has 0 bridgehead atoms. The van der Waals surface area contributed by atoms with Crippen molar-refractivity contribution >= 4 is 35.2 Å². The van der Waals surface area contributed by atoms with E-state index in [1.807, 2.05) is 19.1 Å². The largest absolute Gasteiger partial charge is 0.468 e. The number of halogens is 1. The SMILES string of the molecule is COC(=O)CNC(=O)c1ccc(NC(=O)N(C)[C@H](C)c2ccc(Cl)cc2)cc1. The molecule has 0 spiro atoms. The first kappa shape index (κ1) is 21.2. The van der Waals surface area contributed by atoms with Crippen LogP contribution in [0.25, 0.3) is 0 Å².